The number of aromatic carboxylic acids is 1. The van der Waals surface area contributed by atoms with Crippen LogP contribution >= 0.6 is 0 Å². The SMILES string of the molecule is CC(=O)N1CCN(c2cc3c(cc2F)c(=O)c(C(=O)O)cn3-c2ccc(F)cc2F)CC1C. The Morgan fingerprint density at radius 2 is 1.73 bits per heavy atom. The van der Waals surface area contributed by atoms with Gasteiger partial charge in [-0.2, -0.15) is 0 Å². The Morgan fingerprint density at radius 3 is 2.33 bits per heavy atom. The Kier molecular flexibility index (Phi) is 5.61. The monoisotopic (exact) mass is 459 g/mol. The molecule has 1 atom stereocenters. The number of benzene rings is 2. The number of carbonyl (C=O) groups is 2. The number of hydrogen-bond acceptors (Lipinski definition) is 4. The Labute approximate surface area is 186 Å². The van der Waals surface area contributed by atoms with E-state index >= 15 is 4.39 Å². The minimum absolute atomic E-state index is 0.0635. The Hall–Kier alpha value is -3.82. The average molecular weight is 459 g/mol. The molecule has 1 saturated heterocycles. The molecule has 0 spiro atoms. The van der Waals surface area contributed by atoms with Gasteiger partial charge in [0.1, 0.15) is 23.0 Å². The van der Waals surface area contributed by atoms with Crippen LogP contribution in [-0.4, -0.2) is 52.1 Å². The van der Waals surface area contributed by atoms with E-state index in [1.807, 2.05) is 6.92 Å². The molecule has 2 aromatic carbocycles. The number of rotatable bonds is 3. The lowest BCUT2D eigenvalue weighted by molar-refractivity contribution is -0.131. The van der Waals surface area contributed by atoms with Gasteiger partial charge in [0.25, 0.3) is 0 Å². The van der Waals surface area contributed by atoms with Crippen molar-refractivity contribution in [2.24, 2.45) is 0 Å². The third kappa shape index (κ3) is 3.92. The van der Waals surface area contributed by atoms with Crippen LogP contribution in [0.3, 0.4) is 0 Å². The number of carboxylic acids is 1. The van der Waals surface area contributed by atoms with Gasteiger partial charge < -0.3 is 19.5 Å². The topological polar surface area (TPSA) is 82.8 Å². The molecular weight excluding hydrogens is 439 g/mol. The van der Waals surface area contributed by atoms with Gasteiger partial charge in [0, 0.05) is 50.2 Å². The number of carboxylic acid groups (broad SMARTS) is 1. The van der Waals surface area contributed by atoms with Crippen molar-refractivity contribution in [2.75, 3.05) is 24.5 Å². The number of hydrogen-bond donors (Lipinski definition) is 1. The zero-order valence-electron chi connectivity index (χ0n) is 17.8. The van der Waals surface area contributed by atoms with Crippen molar-refractivity contribution in [3.63, 3.8) is 0 Å². The summed E-state index contributed by atoms with van der Waals surface area (Å²) in [5.41, 5.74) is -1.61. The summed E-state index contributed by atoms with van der Waals surface area (Å²) >= 11 is 0. The van der Waals surface area contributed by atoms with Crippen LogP contribution in [-0.2, 0) is 4.79 Å². The maximum absolute atomic E-state index is 15.1. The highest BCUT2D eigenvalue weighted by Gasteiger charge is 2.28. The molecule has 1 amide bonds. The first-order valence-corrected chi connectivity index (χ1v) is 10.2. The maximum atomic E-state index is 15.1. The van der Waals surface area contributed by atoms with Crippen LogP contribution in [0.2, 0.25) is 0 Å². The number of anilines is 1. The molecule has 1 aliphatic rings. The molecule has 1 unspecified atom stereocenters. The Bertz CT molecular complexity index is 1360. The molecular formula is C23H20F3N3O4. The first-order chi connectivity index (χ1) is 15.6. The summed E-state index contributed by atoms with van der Waals surface area (Å²) < 4.78 is 44.3. The summed E-state index contributed by atoms with van der Waals surface area (Å²) in [7, 11) is 0. The smallest absolute Gasteiger partial charge is 0.341 e. The Morgan fingerprint density at radius 1 is 1.03 bits per heavy atom. The fraction of sp³-hybridized carbons (Fsp3) is 0.261. The van der Waals surface area contributed by atoms with E-state index in [2.05, 4.69) is 0 Å². The molecule has 0 aliphatic carbocycles. The lowest BCUT2D eigenvalue weighted by Gasteiger charge is -2.40. The fourth-order valence-corrected chi connectivity index (χ4v) is 4.25. The number of amides is 1. The number of aromatic nitrogens is 1. The minimum Gasteiger partial charge on any atom is -0.477 e. The third-order valence-electron chi connectivity index (χ3n) is 5.84. The van der Waals surface area contributed by atoms with E-state index in [9.17, 15) is 28.3 Å². The van der Waals surface area contributed by atoms with E-state index < -0.39 is 34.4 Å². The predicted octanol–water partition coefficient (Wildman–Crippen LogP) is 3.16. The van der Waals surface area contributed by atoms with Gasteiger partial charge >= 0.3 is 5.97 Å². The standard InChI is InChI=1S/C23H20F3N3O4/c1-12-10-27(5-6-28(12)13(2)30)21-9-20-15(8-18(21)26)22(31)16(23(32)33)11-29(20)19-4-3-14(24)7-17(19)25/h3-4,7-9,11-12H,5-6,10H2,1-2H3,(H,32,33). The summed E-state index contributed by atoms with van der Waals surface area (Å²) in [5, 5.41) is 9.18. The molecule has 2 heterocycles. The molecule has 0 bridgehead atoms. The first kappa shape index (κ1) is 22.4. The van der Waals surface area contributed by atoms with E-state index in [1.54, 1.807) is 9.80 Å². The van der Waals surface area contributed by atoms with Gasteiger partial charge in [-0.05, 0) is 31.2 Å². The van der Waals surface area contributed by atoms with Crippen molar-refractivity contribution in [3.8, 4) is 5.69 Å². The van der Waals surface area contributed by atoms with Gasteiger partial charge in [-0.1, -0.05) is 0 Å². The highest BCUT2D eigenvalue weighted by molar-refractivity contribution is 5.94. The molecule has 1 fully saturated rings. The summed E-state index contributed by atoms with van der Waals surface area (Å²) in [5.74, 6) is -4.22. The number of fused-ring (bicyclic) bond motifs is 1. The van der Waals surface area contributed by atoms with Crippen molar-refractivity contribution in [1.29, 1.82) is 0 Å². The third-order valence-corrected chi connectivity index (χ3v) is 5.84. The van der Waals surface area contributed by atoms with Gasteiger partial charge in [-0.3, -0.25) is 9.59 Å². The van der Waals surface area contributed by atoms with Crippen LogP contribution in [0.15, 0.2) is 41.3 Å². The molecule has 7 nitrogen and oxygen atoms in total. The minimum atomic E-state index is -1.56. The molecule has 1 N–H and O–H groups in total. The highest BCUT2D eigenvalue weighted by Crippen LogP contribution is 2.29. The van der Waals surface area contributed by atoms with Gasteiger partial charge in [0.05, 0.1) is 16.9 Å². The second-order valence-corrected chi connectivity index (χ2v) is 7.97. The molecule has 0 saturated carbocycles. The molecule has 0 radical (unpaired) electrons. The number of pyridine rings is 1. The fourth-order valence-electron chi connectivity index (χ4n) is 4.25. The number of carbonyl (C=O) groups excluding carboxylic acids is 1. The van der Waals surface area contributed by atoms with Gasteiger partial charge in [0.15, 0.2) is 0 Å². The van der Waals surface area contributed by atoms with E-state index in [4.69, 9.17) is 0 Å². The summed E-state index contributed by atoms with van der Waals surface area (Å²) in [4.78, 5) is 39.5. The first-order valence-electron chi connectivity index (χ1n) is 10.2. The molecule has 1 aromatic heterocycles. The van der Waals surface area contributed by atoms with Crippen LogP contribution in [0.25, 0.3) is 16.6 Å². The molecule has 1 aliphatic heterocycles. The Balaban J connectivity index is 1.94. The zero-order chi connectivity index (χ0) is 24.0. The lowest BCUT2D eigenvalue weighted by atomic mass is 10.1. The molecule has 10 heteroatoms. The number of halogens is 3. The van der Waals surface area contributed by atoms with Crippen LogP contribution in [0, 0.1) is 17.5 Å². The maximum Gasteiger partial charge on any atom is 0.341 e. The second-order valence-electron chi connectivity index (χ2n) is 7.97. The van der Waals surface area contributed by atoms with Crippen molar-refractivity contribution in [1.82, 2.24) is 9.47 Å². The van der Waals surface area contributed by atoms with E-state index in [0.29, 0.717) is 25.7 Å². The predicted molar refractivity (Wildman–Crippen MR) is 115 cm³/mol. The van der Waals surface area contributed by atoms with Crippen LogP contribution < -0.4 is 10.3 Å². The molecule has 3 aromatic rings. The van der Waals surface area contributed by atoms with E-state index in [-0.39, 0.29) is 34.2 Å². The van der Waals surface area contributed by atoms with Gasteiger partial charge in [0.2, 0.25) is 11.3 Å². The number of piperazine rings is 1. The van der Waals surface area contributed by atoms with Gasteiger partial charge in [-0.15, -0.1) is 0 Å². The van der Waals surface area contributed by atoms with Gasteiger partial charge in [-0.25, -0.2) is 18.0 Å². The average Bonchev–Trinajstić information content (AvgIpc) is 2.74. The normalized spacial score (nSPS) is 16.3. The van der Waals surface area contributed by atoms with Crippen molar-refractivity contribution in [3.05, 3.63) is 69.8 Å². The number of nitrogens with zero attached hydrogens (tertiary/aromatic N) is 3. The summed E-state index contributed by atoms with van der Waals surface area (Å²) in [6.45, 7) is 4.30. The molecule has 33 heavy (non-hydrogen) atoms. The van der Waals surface area contributed by atoms with Crippen LogP contribution in [0.5, 0.6) is 0 Å². The van der Waals surface area contributed by atoms with Crippen LogP contribution in [0.1, 0.15) is 24.2 Å². The zero-order valence-corrected chi connectivity index (χ0v) is 17.8. The quantitative estimate of drug-likeness (QED) is 0.651. The van der Waals surface area contributed by atoms with Crippen molar-refractivity contribution >= 4 is 28.5 Å². The van der Waals surface area contributed by atoms with E-state index in [1.165, 1.54) is 13.0 Å². The van der Waals surface area contributed by atoms with Crippen molar-refractivity contribution in [2.45, 2.75) is 19.9 Å². The lowest BCUT2D eigenvalue weighted by Crippen LogP contribution is -2.53. The summed E-state index contributed by atoms with van der Waals surface area (Å²) in [6.07, 6.45) is 0.946. The van der Waals surface area contributed by atoms with Crippen LogP contribution in [0.4, 0.5) is 18.9 Å². The largest absolute Gasteiger partial charge is 0.477 e. The van der Waals surface area contributed by atoms with Crippen molar-refractivity contribution < 1.29 is 27.9 Å². The molecule has 172 valence electrons. The highest BCUT2D eigenvalue weighted by atomic mass is 19.1. The second kappa shape index (κ2) is 8.27. The molecule has 4 rings (SSSR count). The van der Waals surface area contributed by atoms with E-state index in [0.717, 1.165) is 29.0 Å². The summed E-state index contributed by atoms with van der Waals surface area (Å²) in [6, 6.07) is 4.81.